The second kappa shape index (κ2) is 16.4. The maximum Gasteiger partial charge on any atom is 0.311 e. The lowest BCUT2D eigenvalue weighted by Gasteiger charge is -2.48. The third-order valence-electron chi connectivity index (χ3n) is 11.8. The quantitative estimate of drug-likeness (QED) is 0.173. The van der Waals surface area contributed by atoms with E-state index in [2.05, 4.69) is 11.9 Å². The summed E-state index contributed by atoms with van der Waals surface area (Å²) in [5, 5.41) is 49.2. The lowest BCUT2D eigenvalue weighted by Crippen LogP contribution is -2.60. The standard InChI is InChI=1S/C38H65NO12/c1-13-15-39-25-16-20(4)46-35(28(25)40)50-33-22(6)30(49-27-18-36(9,45-12)32(42)24(8)47-27)23(7)34(43)48-26(14-2)38(11,44)31(41)21(5)29-19(3)17-37(33,10)51-29/h13,20-28,30-33,35,39-42,44H,1,14-18H2,2-12H3/t20-,21+,22+,23-,24+,25+,26-,27+,28-,30+,31-,32+,33-,35+,36-,37-,38-/m1/s1. The molecule has 13 heteroatoms. The molecular weight excluding hydrogens is 662 g/mol. The highest BCUT2D eigenvalue weighted by molar-refractivity contribution is 5.73. The van der Waals surface area contributed by atoms with Gasteiger partial charge in [0.15, 0.2) is 12.6 Å². The predicted octanol–water partition coefficient (Wildman–Crippen LogP) is 3.11. The van der Waals surface area contributed by atoms with Gasteiger partial charge in [-0.3, -0.25) is 4.79 Å². The van der Waals surface area contributed by atoms with Crippen LogP contribution in [0.1, 0.15) is 94.9 Å². The van der Waals surface area contributed by atoms with E-state index in [0.29, 0.717) is 25.1 Å². The Morgan fingerprint density at radius 2 is 1.69 bits per heavy atom. The number of ether oxygens (including phenoxy) is 7. The van der Waals surface area contributed by atoms with E-state index in [4.69, 9.17) is 33.2 Å². The number of hydrogen-bond donors (Lipinski definition) is 5. The van der Waals surface area contributed by atoms with Crippen molar-refractivity contribution >= 4 is 5.97 Å². The van der Waals surface area contributed by atoms with Crippen LogP contribution in [0.3, 0.4) is 0 Å². The fourth-order valence-corrected chi connectivity index (χ4v) is 8.68. The zero-order chi connectivity index (χ0) is 38.2. The summed E-state index contributed by atoms with van der Waals surface area (Å²) >= 11 is 0. The summed E-state index contributed by atoms with van der Waals surface area (Å²) in [6.45, 7) is 22.2. The number of esters is 1. The Bertz CT molecular complexity index is 1250. The Morgan fingerprint density at radius 1 is 1.02 bits per heavy atom. The van der Waals surface area contributed by atoms with Gasteiger partial charge in [0.1, 0.15) is 41.4 Å². The molecule has 3 saturated heterocycles. The van der Waals surface area contributed by atoms with Crippen LogP contribution in [0.4, 0.5) is 0 Å². The van der Waals surface area contributed by atoms with Crippen molar-refractivity contribution in [2.75, 3.05) is 13.7 Å². The minimum Gasteiger partial charge on any atom is -0.489 e. The Kier molecular flexibility index (Phi) is 13.5. The minimum atomic E-state index is -1.83. The van der Waals surface area contributed by atoms with Crippen LogP contribution in [0.15, 0.2) is 24.0 Å². The summed E-state index contributed by atoms with van der Waals surface area (Å²) in [7, 11) is 1.52. The summed E-state index contributed by atoms with van der Waals surface area (Å²) in [5.41, 5.74) is -3.04. The molecule has 0 unspecified atom stereocenters. The highest BCUT2D eigenvalue weighted by Crippen LogP contribution is 2.47. The number of carbonyl (C=O) groups is 1. The monoisotopic (exact) mass is 727 g/mol. The predicted molar refractivity (Wildman–Crippen MR) is 188 cm³/mol. The van der Waals surface area contributed by atoms with Crippen molar-refractivity contribution in [2.45, 2.75) is 179 Å². The number of methoxy groups -OCH3 is 1. The summed E-state index contributed by atoms with van der Waals surface area (Å²) in [6.07, 6.45) is -5.95. The smallest absolute Gasteiger partial charge is 0.311 e. The first-order valence-corrected chi connectivity index (χ1v) is 18.6. The topological polar surface area (TPSA) is 175 Å². The van der Waals surface area contributed by atoms with Crippen molar-refractivity contribution < 1.29 is 58.4 Å². The van der Waals surface area contributed by atoms with E-state index in [-0.39, 0.29) is 25.0 Å². The van der Waals surface area contributed by atoms with E-state index >= 15 is 0 Å². The van der Waals surface area contributed by atoms with Crippen molar-refractivity contribution in [1.82, 2.24) is 5.32 Å². The van der Waals surface area contributed by atoms with Gasteiger partial charge in [-0.2, -0.15) is 0 Å². The molecule has 294 valence electrons. The first kappa shape index (κ1) is 42.1. The van der Waals surface area contributed by atoms with Gasteiger partial charge in [-0.1, -0.05) is 26.8 Å². The summed E-state index contributed by atoms with van der Waals surface area (Å²) in [4.78, 5) is 14.1. The normalized spacial score (nSPS) is 48.6. The third kappa shape index (κ3) is 8.53. The number of nitrogens with one attached hydrogen (secondary N) is 1. The molecule has 5 N–H and O–H groups in total. The molecule has 2 bridgehead atoms. The second-order valence-electron chi connectivity index (χ2n) is 16.1. The van der Waals surface area contributed by atoms with Crippen LogP contribution in [-0.4, -0.2) is 124 Å². The van der Waals surface area contributed by atoms with Crippen LogP contribution in [0.5, 0.6) is 0 Å². The van der Waals surface area contributed by atoms with Crippen LogP contribution < -0.4 is 5.32 Å². The van der Waals surface area contributed by atoms with E-state index in [1.807, 2.05) is 27.7 Å². The average Bonchev–Trinajstić information content (AvgIpc) is 3.40. The summed E-state index contributed by atoms with van der Waals surface area (Å²) in [6, 6.07) is -0.339. The molecule has 3 fully saturated rings. The number of cyclic esters (lactones) is 1. The number of hydrogen-bond acceptors (Lipinski definition) is 13. The molecule has 0 spiro atoms. The molecule has 4 heterocycles. The molecule has 4 aliphatic rings. The molecule has 0 saturated carbocycles. The van der Waals surface area contributed by atoms with Gasteiger partial charge < -0.3 is 58.9 Å². The highest BCUT2D eigenvalue weighted by atomic mass is 16.7. The van der Waals surface area contributed by atoms with Gasteiger partial charge in [-0.25, -0.2) is 0 Å². The zero-order valence-corrected chi connectivity index (χ0v) is 32.5. The van der Waals surface area contributed by atoms with E-state index in [1.165, 1.54) is 14.0 Å². The van der Waals surface area contributed by atoms with Crippen LogP contribution in [-0.2, 0) is 38.0 Å². The van der Waals surface area contributed by atoms with Gasteiger partial charge in [-0.15, -0.1) is 6.58 Å². The molecule has 0 aromatic carbocycles. The van der Waals surface area contributed by atoms with E-state index in [0.717, 1.165) is 5.57 Å². The number of aliphatic hydroxyl groups is 4. The maximum atomic E-state index is 14.1. The molecule has 0 radical (unpaired) electrons. The van der Waals surface area contributed by atoms with Crippen molar-refractivity contribution in [3.8, 4) is 0 Å². The molecule has 13 nitrogen and oxygen atoms in total. The molecule has 17 atom stereocenters. The van der Waals surface area contributed by atoms with Crippen LogP contribution in [0.2, 0.25) is 0 Å². The Morgan fingerprint density at radius 3 is 2.29 bits per heavy atom. The number of carbonyl (C=O) groups excluding carboxylic acids is 1. The van der Waals surface area contributed by atoms with Crippen molar-refractivity contribution in [3.63, 3.8) is 0 Å². The molecule has 0 aliphatic carbocycles. The fourth-order valence-electron chi connectivity index (χ4n) is 8.68. The number of aliphatic hydroxyl groups excluding tert-OH is 3. The van der Waals surface area contributed by atoms with Crippen LogP contribution >= 0.6 is 0 Å². The van der Waals surface area contributed by atoms with Gasteiger partial charge in [0.25, 0.3) is 0 Å². The van der Waals surface area contributed by atoms with Gasteiger partial charge in [0, 0.05) is 44.4 Å². The number of rotatable bonds is 9. The first-order valence-electron chi connectivity index (χ1n) is 18.6. The molecule has 0 aromatic rings. The summed E-state index contributed by atoms with van der Waals surface area (Å²) in [5.74, 6) is -2.37. The summed E-state index contributed by atoms with van der Waals surface area (Å²) < 4.78 is 44.6. The van der Waals surface area contributed by atoms with Gasteiger partial charge in [0.05, 0.1) is 35.9 Å². The highest BCUT2D eigenvalue weighted by Gasteiger charge is 2.56. The molecule has 4 rings (SSSR count). The second-order valence-corrected chi connectivity index (χ2v) is 16.1. The Labute approximate surface area is 304 Å². The molecule has 0 amide bonds. The Hall–Kier alpha value is -1.65. The molecule has 4 aliphatic heterocycles. The molecular formula is C38H65NO12. The van der Waals surface area contributed by atoms with E-state index < -0.39 is 95.8 Å². The van der Waals surface area contributed by atoms with Gasteiger partial charge in [0.2, 0.25) is 0 Å². The fraction of sp³-hybridized carbons (Fsp3) is 0.868. The van der Waals surface area contributed by atoms with Gasteiger partial charge in [-0.05, 0) is 66.9 Å². The SMILES string of the molecule is C=CCN[C@H]1C[C@@H](C)O[C@@H](O[C@@H]2[C@@H](C)[C@H](O[C@H]3C[C@@](C)(OC)[C@@H](O)[C@H](C)O3)[C@@H](C)C(=O)O[C@H](CC)[C@@](C)(O)[C@H](O)[C@@H](C)C3=C(C)C[C@@]2(C)O3)[C@@H]1O. The molecule has 0 aromatic heterocycles. The first-order chi connectivity index (χ1) is 23.7. The lowest BCUT2D eigenvalue weighted by molar-refractivity contribution is -0.315. The van der Waals surface area contributed by atoms with Crippen molar-refractivity contribution in [1.29, 1.82) is 0 Å². The molecule has 51 heavy (non-hydrogen) atoms. The lowest BCUT2D eigenvalue weighted by atomic mass is 9.78. The van der Waals surface area contributed by atoms with E-state index in [1.54, 1.807) is 40.7 Å². The van der Waals surface area contributed by atoms with Crippen molar-refractivity contribution in [2.24, 2.45) is 17.8 Å². The number of fused-ring (bicyclic) bond motifs is 2. The zero-order valence-electron chi connectivity index (χ0n) is 32.5. The third-order valence-corrected chi connectivity index (χ3v) is 11.8. The largest absolute Gasteiger partial charge is 0.489 e. The maximum absolute atomic E-state index is 14.1. The average molecular weight is 728 g/mol. The Balaban J connectivity index is 1.83. The van der Waals surface area contributed by atoms with Crippen LogP contribution in [0.25, 0.3) is 0 Å². The van der Waals surface area contributed by atoms with Gasteiger partial charge >= 0.3 is 5.97 Å². The minimum absolute atomic E-state index is 0.165. The van der Waals surface area contributed by atoms with Crippen molar-refractivity contribution in [3.05, 3.63) is 24.0 Å². The van der Waals surface area contributed by atoms with Crippen LogP contribution in [0, 0.1) is 17.8 Å². The van der Waals surface area contributed by atoms with E-state index in [9.17, 15) is 25.2 Å².